The van der Waals surface area contributed by atoms with Gasteiger partial charge in [0.05, 0.1) is 22.7 Å². The van der Waals surface area contributed by atoms with Crippen molar-refractivity contribution in [3.63, 3.8) is 0 Å². The number of pyridine rings is 1. The third kappa shape index (κ3) is 2.59. The van der Waals surface area contributed by atoms with Crippen LogP contribution in [0.3, 0.4) is 0 Å². The molecule has 0 saturated carbocycles. The number of nitrogens with one attached hydrogen (secondary N) is 1. The molecule has 1 aliphatic carbocycles. The van der Waals surface area contributed by atoms with Gasteiger partial charge in [-0.05, 0) is 57.6 Å². The number of fused-ring (bicyclic) bond motifs is 2. The maximum Gasteiger partial charge on any atom is 0.259 e. The minimum atomic E-state index is -0.352. The van der Waals surface area contributed by atoms with E-state index in [0.29, 0.717) is 12.3 Å². The summed E-state index contributed by atoms with van der Waals surface area (Å²) in [5.74, 6) is 0.0451. The van der Waals surface area contributed by atoms with Gasteiger partial charge in [0.15, 0.2) is 0 Å². The van der Waals surface area contributed by atoms with Gasteiger partial charge in [0.1, 0.15) is 0 Å². The van der Waals surface area contributed by atoms with Crippen molar-refractivity contribution in [3.8, 4) is 0 Å². The number of rotatable bonds is 1. The molecular weight excluding hydrogens is 344 g/mol. The number of amides is 1. The van der Waals surface area contributed by atoms with E-state index in [0.717, 1.165) is 86.1 Å². The second-order valence-corrected chi connectivity index (χ2v) is 8.39. The SMILES string of the molecule is Cc1noc2nc3c(c(C(=O)N4CCC[C@]5(CNCC[C@@H]5O)C4)c12)CCC3. The average molecular weight is 370 g/mol. The van der Waals surface area contributed by atoms with Crippen molar-refractivity contribution >= 4 is 17.0 Å². The molecule has 2 atom stereocenters. The summed E-state index contributed by atoms with van der Waals surface area (Å²) in [4.78, 5) is 20.2. The first-order valence-electron chi connectivity index (χ1n) is 10.0. The van der Waals surface area contributed by atoms with E-state index < -0.39 is 0 Å². The van der Waals surface area contributed by atoms with Crippen molar-refractivity contribution in [2.45, 2.75) is 51.6 Å². The van der Waals surface area contributed by atoms with E-state index in [1.807, 2.05) is 11.8 Å². The maximum atomic E-state index is 13.7. The number of carbonyl (C=O) groups excluding carboxylic acids is 1. The van der Waals surface area contributed by atoms with Crippen LogP contribution in [0, 0.1) is 12.3 Å². The first kappa shape index (κ1) is 17.1. The zero-order valence-corrected chi connectivity index (χ0v) is 15.8. The van der Waals surface area contributed by atoms with E-state index >= 15 is 0 Å². The molecule has 0 radical (unpaired) electrons. The first-order valence-corrected chi connectivity index (χ1v) is 10.0. The second-order valence-electron chi connectivity index (χ2n) is 8.39. The number of likely N-dealkylation sites (tertiary alicyclic amines) is 1. The van der Waals surface area contributed by atoms with Crippen LogP contribution in [0.4, 0.5) is 0 Å². The van der Waals surface area contributed by atoms with Gasteiger partial charge >= 0.3 is 0 Å². The maximum absolute atomic E-state index is 13.7. The van der Waals surface area contributed by atoms with Crippen LogP contribution < -0.4 is 5.32 Å². The lowest BCUT2D eigenvalue weighted by molar-refractivity contribution is -0.0432. The number of hydrogen-bond acceptors (Lipinski definition) is 6. The lowest BCUT2D eigenvalue weighted by Gasteiger charge is -2.48. The van der Waals surface area contributed by atoms with Crippen molar-refractivity contribution in [3.05, 3.63) is 22.5 Å². The molecule has 2 aliphatic heterocycles. The van der Waals surface area contributed by atoms with E-state index in [2.05, 4.69) is 15.5 Å². The number of carbonyl (C=O) groups is 1. The minimum absolute atomic E-state index is 0.0451. The lowest BCUT2D eigenvalue weighted by Crippen LogP contribution is -2.58. The highest BCUT2D eigenvalue weighted by Crippen LogP contribution is 2.38. The van der Waals surface area contributed by atoms with Gasteiger partial charge in [0.25, 0.3) is 11.6 Å². The summed E-state index contributed by atoms with van der Waals surface area (Å²) in [5, 5.41) is 18.9. The van der Waals surface area contributed by atoms with Crippen molar-refractivity contribution in [1.82, 2.24) is 20.4 Å². The van der Waals surface area contributed by atoms with Crippen LogP contribution in [0.5, 0.6) is 0 Å². The fraction of sp³-hybridized carbons (Fsp3) is 0.650. The number of piperidine rings is 2. The van der Waals surface area contributed by atoms with Crippen LogP contribution in [-0.4, -0.2) is 58.3 Å². The zero-order chi connectivity index (χ0) is 18.6. The summed E-state index contributed by atoms with van der Waals surface area (Å²) in [7, 11) is 0. The monoisotopic (exact) mass is 370 g/mol. The van der Waals surface area contributed by atoms with Crippen LogP contribution in [-0.2, 0) is 12.8 Å². The number of aryl methyl sites for hydroxylation is 2. The smallest absolute Gasteiger partial charge is 0.259 e. The Bertz CT molecular complexity index is 904. The molecule has 2 fully saturated rings. The van der Waals surface area contributed by atoms with Gasteiger partial charge in [0.2, 0.25) is 0 Å². The molecule has 7 nitrogen and oxygen atoms in total. The highest BCUT2D eigenvalue weighted by molar-refractivity contribution is 6.07. The second kappa shape index (κ2) is 6.27. The van der Waals surface area contributed by atoms with Gasteiger partial charge in [0, 0.05) is 30.7 Å². The van der Waals surface area contributed by atoms with Crippen LogP contribution in [0.25, 0.3) is 11.1 Å². The van der Waals surface area contributed by atoms with Gasteiger partial charge in [-0.15, -0.1) is 0 Å². The number of aliphatic hydroxyl groups excluding tert-OH is 1. The van der Waals surface area contributed by atoms with Crippen LogP contribution in [0.1, 0.15) is 53.0 Å². The molecule has 4 heterocycles. The van der Waals surface area contributed by atoms with Gasteiger partial charge in [-0.25, -0.2) is 4.98 Å². The number of aliphatic hydroxyl groups is 1. The quantitative estimate of drug-likeness (QED) is 0.792. The molecule has 144 valence electrons. The fourth-order valence-electron chi connectivity index (χ4n) is 5.26. The molecule has 2 saturated heterocycles. The Morgan fingerprint density at radius 1 is 1.37 bits per heavy atom. The Morgan fingerprint density at radius 2 is 2.26 bits per heavy atom. The fourth-order valence-corrected chi connectivity index (χ4v) is 5.26. The van der Waals surface area contributed by atoms with Crippen molar-refractivity contribution in [2.75, 3.05) is 26.2 Å². The highest BCUT2D eigenvalue weighted by atomic mass is 16.5. The van der Waals surface area contributed by atoms with Gasteiger partial charge in [-0.3, -0.25) is 4.79 Å². The summed E-state index contributed by atoms with van der Waals surface area (Å²) in [6, 6.07) is 0. The number of hydrogen-bond donors (Lipinski definition) is 2. The molecule has 1 amide bonds. The molecule has 2 aromatic rings. The van der Waals surface area contributed by atoms with Crippen LogP contribution in [0.15, 0.2) is 4.52 Å². The van der Waals surface area contributed by atoms with Crippen molar-refractivity contribution in [1.29, 1.82) is 0 Å². The molecule has 2 N–H and O–H groups in total. The predicted molar refractivity (Wildman–Crippen MR) is 99.6 cm³/mol. The van der Waals surface area contributed by atoms with E-state index in [9.17, 15) is 9.90 Å². The van der Waals surface area contributed by atoms with E-state index in [4.69, 9.17) is 4.52 Å². The summed E-state index contributed by atoms with van der Waals surface area (Å²) in [6.45, 7) is 4.82. The largest absolute Gasteiger partial charge is 0.392 e. The van der Waals surface area contributed by atoms with Crippen LogP contribution in [0.2, 0.25) is 0 Å². The standard InChI is InChI=1S/C20H26N4O3/c1-12-16-17(13-4-2-5-14(13)22-18(16)27-23-12)19(26)24-9-3-7-20(11-24)10-21-8-6-15(20)25/h15,21,25H,2-11H2,1H3/t15-,20-/m0/s1. The molecular formula is C20H26N4O3. The highest BCUT2D eigenvalue weighted by Gasteiger charge is 2.45. The molecule has 0 aromatic carbocycles. The molecule has 7 heteroatoms. The Balaban J connectivity index is 1.55. The molecule has 1 spiro atoms. The third-order valence-electron chi connectivity index (χ3n) is 6.71. The predicted octanol–water partition coefficient (Wildman–Crippen LogP) is 1.60. The van der Waals surface area contributed by atoms with E-state index in [1.165, 1.54) is 0 Å². The Labute approximate surface area is 158 Å². The Hall–Kier alpha value is -1.99. The van der Waals surface area contributed by atoms with Crippen molar-refractivity contribution in [2.24, 2.45) is 5.41 Å². The van der Waals surface area contributed by atoms with Gasteiger partial charge < -0.3 is 19.8 Å². The minimum Gasteiger partial charge on any atom is -0.392 e. The topological polar surface area (TPSA) is 91.5 Å². The normalized spacial score (nSPS) is 28.1. The molecule has 2 aromatic heterocycles. The van der Waals surface area contributed by atoms with Crippen LogP contribution >= 0.6 is 0 Å². The number of aromatic nitrogens is 2. The average Bonchev–Trinajstić information content (AvgIpc) is 3.29. The first-order chi connectivity index (χ1) is 13.1. The zero-order valence-electron chi connectivity index (χ0n) is 15.8. The summed E-state index contributed by atoms with van der Waals surface area (Å²) in [6.07, 6.45) is 5.07. The molecule has 0 bridgehead atoms. The molecule has 0 unspecified atom stereocenters. The Kier molecular flexibility index (Phi) is 3.98. The van der Waals surface area contributed by atoms with Gasteiger partial charge in [-0.1, -0.05) is 5.16 Å². The van der Waals surface area contributed by atoms with Gasteiger partial charge in [-0.2, -0.15) is 0 Å². The van der Waals surface area contributed by atoms with Crippen molar-refractivity contribution < 1.29 is 14.4 Å². The summed E-state index contributed by atoms with van der Waals surface area (Å²) < 4.78 is 5.40. The molecule has 27 heavy (non-hydrogen) atoms. The molecule has 5 rings (SSSR count). The van der Waals surface area contributed by atoms with E-state index in [-0.39, 0.29) is 17.4 Å². The Morgan fingerprint density at radius 3 is 3.11 bits per heavy atom. The number of nitrogens with zero attached hydrogens (tertiary/aromatic N) is 3. The third-order valence-corrected chi connectivity index (χ3v) is 6.71. The summed E-state index contributed by atoms with van der Waals surface area (Å²) in [5.41, 5.74) is 3.75. The summed E-state index contributed by atoms with van der Waals surface area (Å²) >= 11 is 0. The lowest BCUT2D eigenvalue weighted by atomic mass is 9.72. The van der Waals surface area contributed by atoms with E-state index in [1.54, 1.807) is 0 Å². The molecule has 3 aliphatic rings.